The zero-order valence-corrected chi connectivity index (χ0v) is 10.6. The van der Waals surface area contributed by atoms with Gasteiger partial charge < -0.3 is 4.52 Å². The number of allylic oxidation sites excluding steroid dienone is 1. The van der Waals surface area contributed by atoms with Crippen molar-refractivity contribution in [3.05, 3.63) is 23.6 Å². The molecular weight excluding hydrogens is 321 g/mol. The van der Waals surface area contributed by atoms with Gasteiger partial charge in [-0.05, 0) is 33.6 Å². The topological polar surface area (TPSA) is 26.0 Å². The van der Waals surface area contributed by atoms with Crippen LogP contribution in [0.1, 0.15) is 25.7 Å². The highest BCUT2D eigenvalue weighted by Gasteiger charge is 2.25. The van der Waals surface area contributed by atoms with Gasteiger partial charge in [0.2, 0.25) is 0 Å². The van der Waals surface area contributed by atoms with Crippen molar-refractivity contribution in [2.75, 3.05) is 0 Å². The molecular formula is C11H12INOS. The predicted octanol–water partition coefficient (Wildman–Crippen LogP) is 3.93. The largest absolute Gasteiger partial charge is 0.357 e. The van der Waals surface area contributed by atoms with Crippen molar-refractivity contribution in [3.63, 3.8) is 0 Å². The zero-order chi connectivity index (χ0) is 10.0. The van der Waals surface area contributed by atoms with Crippen molar-refractivity contribution < 1.29 is 4.52 Å². The molecule has 1 aromatic rings. The molecule has 0 N–H and O–H groups in total. The summed E-state index contributed by atoms with van der Waals surface area (Å²) in [5, 5.41) is 6.80. The molecule has 1 unspecified atom stereocenters. The second kappa shape index (κ2) is 5.08. The summed E-state index contributed by atoms with van der Waals surface area (Å²) in [5.41, 5.74) is 1.07. The number of fused-ring (bicyclic) bond motifs is 1. The molecule has 0 bridgehead atoms. The quantitative estimate of drug-likeness (QED) is 0.531. The van der Waals surface area contributed by atoms with E-state index in [1.165, 1.54) is 8.93 Å². The first-order valence-electron chi connectivity index (χ1n) is 4.16. The summed E-state index contributed by atoms with van der Waals surface area (Å²) >= 11 is 2.18. The van der Waals surface area contributed by atoms with Gasteiger partial charge in [-0.15, -0.1) is 0 Å². The van der Waals surface area contributed by atoms with Gasteiger partial charge in [-0.2, -0.15) is 0 Å². The molecule has 0 saturated heterocycles. The minimum atomic E-state index is -0.0727. The van der Waals surface area contributed by atoms with Crippen molar-refractivity contribution in [3.8, 4) is 11.2 Å². The van der Waals surface area contributed by atoms with E-state index in [0.29, 0.717) is 0 Å². The second-order valence-corrected chi connectivity index (χ2v) is 5.13. The van der Waals surface area contributed by atoms with E-state index < -0.39 is 0 Å². The van der Waals surface area contributed by atoms with Crippen LogP contribution in [0.25, 0.3) is 6.08 Å². The molecule has 0 radical (unpaired) electrons. The Balaban J connectivity index is 0.00000112. The number of hydrogen-bond donors (Lipinski definition) is 0. The van der Waals surface area contributed by atoms with Crippen LogP contribution in [0, 0.1) is 16.6 Å². The Morgan fingerprint density at radius 2 is 2.47 bits per heavy atom. The molecule has 80 valence electrons. The van der Waals surface area contributed by atoms with E-state index in [4.69, 9.17) is 4.52 Å². The molecule has 0 fully saturated rings. The summed E-state index contributed by atoms with van der Waals surface area (Å²) in [4.78, 5) is 0. The Morgan fingerprint density at radius 3 is 3.20 bits per heavy atom. The third-order valence-corrected chi connectivity index (χ3v) is 3.05. The van der Waals surface area contributed by atoms with E-state index >= 15 is 0 Å². The average molecular weight is 333 g/mol. The van der Waals surface area contributed by atoms with Crippen molar-refractivity contribution in [1.82, 2.24) is 5.16 Å². The fraction of sp³-hybridized carbons (Fsp3) is 0.364. The smallest absolute Gasteiger partial charge is 0.162 e. The van der Waals surface area contributed by atoms with Crippen LogP contribution in [-0.2, 0) is 6.42 Å². The van der Waals surface area contributed by atoms with Crippen molar-refractivity contribution in [2.45, 2.75) is 20.8 Å². The Kier molecular flexibility index (Phi) is 4.29. The standard InChI is InChI=1S/C10H8INOS.CH4/c1-10(4-5-14-11)3-2-9-8(6-10)7-12-13-9;/h2-3,7H,6H2,1H3;1H4. The van der Waals surface area contributed by atoms with E-state index in [1.807, 2.05) is 6.08 Å². The first kappa shape index (κ1) is 12.7. The van der Waals surface area contributed by atoms with Crippen LogP contribution in [0.4, 0.5) is 0 Å². The van der Waals surface area contributed by atoms with Crippen LogP contribution in [0.15, 0.2) is 16.8 Å². The van der Waals surface area contributed by atoms with Crippen LogP contribution in [0.2, 0.25) is 0 Å². The highest BCUT2D eigenvalue weighted by molar-refractivity contribution is 14.2. The van der Waals surface area contributed by atoms with E-state index in [0.717, 1.165) is 17.7 Å². The summed E-state index contributed by atoms with van der Waals surface area (Å²) < 4.78 is 5.06. The van der Waals surface area contributed by atoms with Gasteiger partial charge in [-0.3, -0.25) is 0 Å². The van der Waals surface area contributed by atoms with Crippen molar-refractivity contribution in [1.29, 1.82) is 0 Å². The van der Waals surface area contributed by atoms with Gasteiger partial charge >= 0.3 is 0 Å². The fourth-order valence-corrected chi connectivity index (χ4v) is 2.08. The first-order valence-corrected chi connectivity index (χ1v) is 7.52. The van der Waals surface area contributed by atoms with E-state index in [1.54, 1.807) is 6.20 Å². The molecule has 0 aromatic carbocycles. The van der Waals surface area contributed by atoms with Crippen molar-refractivity contribution >= 4 is 36.2 Å². The van der Waals surface area contributed by atoms with Gasteiger partial charge in [0.05, 0.1) is 11.6 Å². The Bertz CT molecular complexity index is 429. The van der Waals surface area contributed by atoms with Gasteiger partial charge in [0.25, 0.3) is 0 Å². The number of hydrogen-bond acceptors (Lipinski definition) is 3. The number of nitrogens with zero attached hydrogens (tertiary/aromatic N) is 1. The maximum Gasteiger partial charge on any atom is 0.162 e. The summed E-state index contributed by atoms with van der Waals surface area (Å²) in [5.74, 6) is 4.09. The molecule has 4 heteroatoms. The molecule has 1 heterocycles. The van der Waals surface area contributed by atoms with Gasteiger partial charge in [0.1, 0.15) is 0 Å². The van der Waals surface area contributed by atoms with Crippen LogP contribution in [0.5, 0.6) is 0 Å². The molecule has 1 aliphatic carbocycles. The van der Waals surface area contributed by atoms with Crippen LogP contribution >= 0.6 is 30.1 Å². The maximum absolute atomic E-state index is 5.06. The summed E-state index contributed by atoms with van der Waals surface area (Å²) in [6.45, 7) is 2.12. The third-order valence-electron chi connectivity index (χ3n) is 2.21. The van der Waals surface area contributed by atoms with Gasteiger partial charge in [-0.1, -0.05) is 24.6 Å². The highest BCUT2D eigenvalue weighted by atomic mass is 127. The minimum Gasteiger partial charge on any atom is -0.357 e. The lowest BCUT2D eigenvalue weighted by Crippen LogP contribution is -2.16. The van der Waals surface area contributed by atoms with E-state index in [2.05, 4.69) is 50.5 Å². The Morgan fingerprint density at radius 1 is 1.67 bits per heavy atom. The minimum absolute atomic E-state index is 0. The van der Waals surface area contributed by atoms with Crippen LogP contribution in [-0.4, -0.2) is 5.16 Å². The molecule has 0 amide bonds. The number of aromatic nitrogens is 1. The van der Waals surface area contributed by atoms with E-state index in [-0.39, 0.29) is 12.8 Å². The Labute approximate surface area is 106 Å². The molecule has 2 nitrogen and oxygen atoms in total. The Hall–Kier alpha value is -0.410. The highest BCUT2D eigenvalue weighted by Crippen LogP contribution is 2.31. The van der Waals surface area contributed by atoms with Gasteiger partial charge in [0, 0.05) is 26.8 Å². The zero-order valence-electron chi connectivity index (χ0n) is 7.58. The monoisotopic (exact) mass is 333 g/mol. The van der Waals surface area contributed by atoms with Crippen LogP contribution < -0.4 is 0 Å². The molecule has 0 aliphatic heterocycles. The average Bonchev–Trinajstić information content (AvgIpc) is 2.61. The molecule has 15 heavy (non-hydrogen) atoms. The summed E-state index contributed by atoms with van der Waals surface area (Å²) in [7, 11) is 1.51. The normalized spacial score (nSPS) is 22.3. The predicted molar refractivity (Wildman–Crippen MR) is 73.5 cm³/mol. The van der Waals surface area contributed by atoms with E-state index in [9.17, 15) is 0 Å². The lowest BCUT2D eigenvalue weighted by Gasteiger charge is -2.21. The lowest BCUT2D eigenvalue weighted by molar-refractivity contribution is 0.407. The summed E-state index contributed by atoms with van der Waals surface area (Å²) in [6, 6.07) is 0. The second-order valence-electron chi connectivity index (χ2n) is 3.45. The molecule has 1 aromatic heterocycles. The third kappa shape index (κ3) is 2.79. The summed E-state index contributed by atoms with van der Waals surface area (Å²) in [6.07, 6.45) is 6.70. The van der Waals surface area contributed by atoms with Gasteiger partial charge in [-0.25, -0.2) is 0 Å². The molecule has 1 atom stereocenters. The maximum atomic E-state index is 5.06. The van der Waals surface area contributed by atoms with Crippen molar-refractivity contribution in [2.24, 2.45) is 5.41 Å². The molecule has 0 saturated carbocycles. The fourth-order valence-electron chi connectivity index (χ4n) is 1.48. The molecule has 0 spiro atoms. The van der Waals surface area contributed by atoms with Crippen LogP contribution in [0.3, 0.4) is 0 Å². The number of rotatable bonds is 0. The SMILES string of the molecule is C.CC1(C#CSI)C=Cc2oncc2C1. The molecule has 1 aliphatic rings. The molecule has 2 rings (SSSR count). The van der Waals surface area contributed by atoms with Gasteiger partial charge in [0.15, 0.2) is 5.76 Å². The first-order chi connectivity index (χ1) is 6.73. The lowest BCUT2D eigenvalue weighted by atomic mass is 9.81. The number of halogens is 1.